The lowest BCUT2D eigenvalue weighted by atomic mass is 10.2. The molecule has 1 aliphatic rings. The van der Waals surface area contributed by atoms with Crippen LogP contribution >= 0.6 is 0 Å². The number of benzene rings is 1. The Morgan fingerprint density at radius 2 is 1.88 bits per heavy atom. The first-order valence-electron chi connectivity index (χ1n) is 7.97. The van der Waals surface area contributed by atoms with Crippen molar-refractivity contribution in [1.82, 2.24) is 10.2 Å². The zero-order chi connectivity index (χ0) is 17.5. The van der Waals surface area contributed by atoms with Gasteiger partial charge < -0.3 is 15.3 Å². The van der Waals surface area contributed by atoms with E-state index in [0.29, 0.717) is 18.5 Å². The summed E-state index contributed by atoms with van der Waals surface area (Å²) in [5.41, 5.74) is 0.660. The average molecular weight is 336 g/mol. The van der Waals surface area contributed by atoms with Crippen LogP contribution in [0.3, 0.4) is 0 Å². The summed E-state index contributed by atoms with van der Waals surface area (Å²) in [5, 5.41) is 11.7. The minimum atomic E-state index is -1.10. The summed E-state index contributed by atoms with van der Waals surface area (Å²) >= 11 is 0. The molecule has 0 spiro atoms. The molecule has 0 unspecified atom stereocenters. The zero-order valence-electron chi connectivity index (χ0n) is 13.3. The number of halogens is 1. The van der Waals surface area contributed by atoms with Crippen LogP contribution in [0, 0.1) is 11.7 Å². The lowest BCUT2D eigenvalue weighted by Crippen LogP contribution is -2.35. The van der Waals surface area contributed by atoms with Crippen molar-refractivity contribution in [3.05, 3.63) is 35.6 Å². The van der Waals surface area contributed by atoms with E-state index in [1.807, 2.05) is 0 Å². The number of carboxylic acids is 1. The average Bonchev–Trinajstić information content (AvgIpc) is 3.37. The molecule has 1 aromatic carbocycles. The van der Waals surface area contributed by atoms with Gasteiger partial charge in [-0.05, 0) is 37.0 Å². The number of carbonyl (C=O) groups is 3. The molecular formula is C17H21FN2O4. The van der Waals surface area contributed by atoms with Gasteiger partial charge in [-0.2, -0.15) is 0 Å². The number of aliphatic carboxylic acids is 1. The molecule has 6 nitrogen and oxygen atoms in total. The smallest absolute Gasteiger partial charge is 0.323 e. The molecule has 0 aliphatic heterocycles. The van der Waals surface area contributed by atoms with Crippen molar-refractivity contribution in [2.24, 2.45) is 5.92 Å². The Morgan fingerprint density at radius 1 is 1.21 bits per heavy atom. The van der Waals surface area contributed by atoms with Crippen LogP contribution in [-0.4, -0.2) is 40.9 Å². The second-order valence-electron chi connectivity index (χ2n) is 5.94. The summed E-state index contributed by atoms with van der Waals surface area (Å²) in [6.45, 7) is 0.100. The largest absolute Gasteiger partial charge is 0.480 e. The fourth-order valence-corrected chi connectivity index (χ4v) is 2.30. The Hall–Kier alpha value is -2.44. The van der Waals surface area contributed by atoms with Crippen molar-refractivity contribution >= 4 is 17.8 Å². The summed E-state index contributed by atoms with van der Waals surface area (Å²) in [5.74, 6) is -1.64. The van der Waals surface area contributed by atoms with Gasteiger partial charge in [0.1, 0.15) is 12.4 Å². The van der Waals surface area contributed by atoms with E-state index < -0.39 is 12.5 Å². The number of carboxylic acid groups (broad SMARTS) is 1. The molecule has 0 radical (unpaired) electrons. The molecule has 0 heterocycles. The molecule has 0 bridgehead atoms. The van der Waals surface area contributed by atoms with Crippen molar-refractivity contribution in [3.8, 4) is 0 Å². The number of hydrogen-bond donors (Lipinski definition) is 2. The normalized spacial score (nSPS) is 13.4. The standard InChI is InChI=1S/C17H21FN2O4/c18-14-7-3-12(4-8-14)10-20(11-16(22)23)15(21)2-1-9-19-17(24)13-5-6-13/h3-4,7-8,13H,1-2,5-6,9-11H2,(H,19,24)(H,22,23). The number of carbonyl (C=O) groups excluding carboxylic acids is 2. The van der Waals surface area contributed by atoms with Gasteiger partial charge in [-0.15, -0.1) is 0 Å². The monoisotopic (exact) mass is 336 g/mol. The predicted octanol–water partition coefficient (Wildman–Crippen LogP) is 1.55. The minimum absolute atomic E-state index is 0.0242. The molecule has 2 amide bonds. The van der Waals surface area contributed by atoms with E-state index in [0.717, 1.165) is 12.8 Å². The van der Waals surface area contributed by atoms with Crippen LogP contribution in [0.5, 0.6) is 0 Å². The topological polar surface area (TPSA) is 86.7 Å². The highest BCUT2D eigenvalue weighted by atomic mass is 19.1. The summed E-state index contributed by atoms with van der Waals surface area (Å²) in [6, 6.07) is 5.58. The molecule has 130 valence electrons. The number of nitrogens with zero attached hydrogens (tertiary/aromatic N) is 1. The third-order valence-corrected chi connectivity index (χ3v) is 3.78. The maximum absolute atomic E-state index is 12.9. The molecule has 1 aliphatic carbocycles. The van der Waals surface area contributed by atoms with Gasteiger partial charge >= 0.3 is 5.97 Å². The second kappa shape index (κ2) is 8.42. The Bertz CT molecular complexity index is 599. The van der Waals surface area contributed by atoms with Crippen LogP contribution in [-0.2, 0) is 20.9 Å². The van der Waals surface area contributed by atoms with Crippen molar-refractivity contribution in [2.45, 2.75) is 32.2 Å². The zero-order valence-corrected chi connectivity index (χ0v) is 13.3. The van der Waals surface area contributed by atoms with Crippen LogP contribution in [0.1, 0.15) is 31.2 Å². The van der Waals surface area contributed by atoms with Gasteiger partial charge in [-0.25, -0.2) is 4.39 Å². The van der Waals surface area contributed by atoms with Crippen molar-refractivity contribution in [1.29, 1.82) is 0 Å². The molecule has 1 fully saturated rings. The van der Waals surface area contributed by atoms with E-state index in [9.17, 15) is 18.8 Å². The molecule has 0 aromatic heterocycles. The van der Waals surface area contributed by atoms with Crippen LogP contribution in [0.25, 0.3) is 0 Å². The number of amides is 2. The predicted molar refractivity (Wildman–Crippen MR) is 84.4 cm³/mol. The molecule has 0 saturated heterocycles. The maximum atomic E-state index is 12.9. The first kappa shape index (κ1) is 17.9. The molecule has 1 saturated carbocycles. The van der Waals surface area contributed by atoms with Crippen LogP contribution in [0.2, 0.25) is 0 Å². The van der Waals surface area contributed by atoms with Gasteiger partial charge in [-0.3, -0.25) is 14.4 Å². The number of nitrogens with one attached hydrogen (secondary N) is 1. The third kappa shape index (κ3) is 5.98. The highest BCUT2D eigenvalue weighted by Gasteiger charge is 2.29. The Balaban J connectivity index is 1.81. The summed E-state index contributed by atoms with van der Waals surface area (Å²) in [7, 11) is 0. The molecule has 2 rings (SSSR count). The van der Waals surface area contributed by atoms with E-state index in [1.165, 1.54) is 29.2 Å². The SMILES string of the molecule is O=C(O)CN(Cc1ccc(F)cc1)C(=O)CCCNC(=O)C1CC1. The van der Waals surface area contributed by atoms with Gasteiger partial charge in [0.15, 0.2) is 0 Å². The summed E-state index contributed by atoms with van der Waals surface area (Å²) in [6.07, 6.45) is 2.46. The van der Waals surface area contributed by atoms with Gasteiger partial charge in [0.25, 0.3) is 0 Å². The molecule has 0 atom stereocenters. The molecule has 1 aromatic rings. The third-order valence-electron chi connectivity index (χ3n) is 3.78. The lowest BCUT2D eigenvalue weighted by Gasteiger charge is -2.21. The van der Waals surface area contributed by atoms with E-state index >= 15 is 0 Å². The van der Waals surface area contributed by atoms with Crippen molar-refractivity contribution in [2.75, 3.05) is 13.1 Å². The van der Waals surface area contributed by atoms with E-state index in [2.05, 4.69) is 5.32 Å². The fraction of sp³-hybridized carbons (Fsp3) is 0.471. The minimum Gasteiger partial charge on any atom is -0.480 e. The Labute approximate surface area is 139 Å². The Kier molecular flexibility index (Phi) is 6.28. The molecule has 7 heteroatoms. The van der Waals surface area contributed by atoms with Crippen LogP contribution in [0.4, 0.5) is 4.39 Å². The lowest BCUT2D eigenvalue weighted by molar-refractivity contribution is -0.144. The first-order chi connectivity index (χ1) is 11.5. The fourth-order valence-electron chi connectivity index (χ4n) is 2.30. The molecule has 2 N–H and O–H groups in total. The maximum Gasteiger partial charge on any atom is 0.323 e. The van der Waals surface area contributed by atoms with E-state index in [4.69, 9.17) is 5.11 Å². The quantitative estimate of drug-likeness (QED) is 0.670. The number of rotatable bonds is 9. The van der Waals surface area contributed by atoms with E-state index in [1.54, 1.807) is 0 Å². The van der Waals surface area contributed by atoms with Gasteiger partial charge in [0.05, 0.1) is 0 Å². The summed E-state index contributed by atoms with van der Waals surface area (Å²) in [4.78, 5) is 35.9. The van der Waals surface area contributed by atoms with Gasteiger partial charge in [-0.1, -0.05) is 12.1 Å². The Morgan fingerprint density at radius 3 is 2.46 bits per heavy atom. The second-order valence-corrected chi connectivity index (χ2v) is 5.94. The highest BCUT2D eigenvalue weighted by molar-refractivity contribution is 5.82. The molecule has 24 heavy (non-hydrogen) atoms. The van der Waals surface area contributed by atoms with Crippen molar-refractivity contribution < 1.29 is 23.9 Å². The van der Waals surface area contributed by atoms with Gasteiger partial charge in [0, 0.05) is 25.4 Å². The van der Waals surface area contributed by atoms with Gasteiger partial charge in [0.2, 0.25) is 11.8 Å². The van der Waals surface area contributed by atoms with Crippen molar-refractivity contribution in [3.63, 3.8) is 0 Å². The highest BCUT2D eigenvalue weighted by Crippen LogP contribution is 2.28. The van der Waals surface area contributed by atoms with E-state index in [-0.39, 0.29) is 36.5 Å². The first-order valence-corrected chi connectivity index (χ1v) is 7.97. The summed E-state index contributed by atoms with van der Waals surface area (Å²) < 4.78 is 12.9. The molecular weight excluding hydrogens is 315 g/mol. The number of hydrogen-bond acceptors (Lipinski definition) is 3. The van der Waals surface area contributed by atoms with Crippen LogP contribution in [0.15, 0.2) is 24.3 Å². The van der Waals surface area contributed by atoms with Crippen LogP contribution < -0.4 is 5.32 Å².